The van der Waals surface area contributed by atoms with Gasteiger partial charge in [0.15, 0.2) is 0 Å². The average Bonchev–Trinajstić information content (AvgIpc) is 2.56. The number of carbonyl (C=O) groups is 1. The summed E-state index contributed by atoms with van der Waals surface area (Å²) in [5.74, 6) is -0.249. The molecule has 0 aliphatic rings. The summed E-state index contributed by atoms with van der Waals surface area (Å²) in [5, 5.41) is 3.72. The van der Waals surface area contributed by atoms with Crippen molar-refractivity contribution < 1.29 is 13.2 Å². The molecule has 2 N–H and O–H groups in total. The van der Waals surface area contributed by atoms with Crippen molar-refractivity contribution in [1.82, 2.24) is 4.98 Å². The van der Waals surface area contributed by atoms with Crippen LogP contribution in [-0.2, 0) is 21.2 Å². The number of hydrogen-bond acceptors (Lipinski definition) is 4. The first-order valence-corrected chi connectivity index (χ1v) is 9.51. The van der Waals surface area contributed by atoms with E-state index in [4.69, 9.17) is 0 Å². The topological polar surface area (TPSA) is 88.2 Å². The summed E-state index contributed by atoms with van der Waals surface area (Å²) in [6.07, 6.45) is 2.89. The lowest BCUT2D eigenvalue weighted by Gasteiger charge is -2.12. The number of anilines is 2. The maximum Gasteiger partial charge on any atom is 0.229 e. The first-order valence-electron chi connectivity index (χ1n) is 7.62. The maximum absolute atomic E-state index is 12.4. The molecule has 0 aliphatic heterocycles. The molecule has 0 bridgehead atoms. The van der Waals surface area contributed by atoms with Gasteiger partial charge in [0, 0.05) is 11.6 Å². The highest BCUT2D eigenvalue weighted by molar-refractivity contribution is 7.92. The Bertz CT molecular complexity index is 1030. The number of hydrogen-bond donors (Lipinski definition) is 2. The van der Waals surface area contributed by atoms with Crippen molar-refractivity contribution in [2.45, 2.75) is 6.42 Å². The number of amides is 1. The van der Waals surface area contributed by atoms with Crippen LogP contribution in [0.25, 0.3) is 10.9 Å². The van der Waals surface area contributed by atoms with Crippen molar-refractivity contribution in [1.29, 1.82) is 0 Å². The SMILES string of the molecule is CS(=O)(=O)Nc1ccccc1NC(=O)Cc1cccc2cccnc12. The molecule has 3 rings (SSSR count). The van der Waals surface area contributed by atoms with Gasteiger partial charge < -0.3 is 5.32 Å². The third-order valence-corrected chi connectivity index (χ3v) is 4.15. The Morgan fingerprint density at radius 1 is 1.00 bits per heavy atom. The van der Waals surface area contributed by atoms with E-state index < -0.39 is 10.0 Å². The number of nitrogens with zero attached hydrogens (tertiary/aromatic N) is 1. The summed E-state index contributed by atoms with van der Waals surface area (Å²) in [5.41, 5.74) is 2.33. The zero-order valence-corrected chi connectivity index (χ0v) is 14.4. The van der Waals surface area contributed by atoms with Gasteiger partial charge in [-0.15, -0.1) is 0 Å². The molecule has 3 aromatic rings. The molecule has 0 aliphatic carbocycles. The van der Waals surface area contributed by atoms with Gasteiger partial charge >= 0.3 is 0 Å². The molecular formula is C18H17N3O3S. The van der Waals surface area contributed by atoms with Gasteiger partial charge in [0.2, 0.25) is 15.9 Å². The standard InChI is InChI=1S/C18H17N3O3S/c1-25(23,24)21-16-10-3-2-9-15(16)20-17(22)12-14-7-4-6-13-8-5-11-19-18(13)14/h2-11,21H,12H2,1H3,(H,20,22). The molecule has 7 heteroatoms. The summed E-state index contributed by atoms with van der Waals surface area (Å²) in [6, 6.07) is 16.1. The Morgan fingerprint density at radius 2 is 1.72 bits per heavy atom. The second-order valence-corrected chi connectivity index (χ2v) is 7.39. The van der Waals surface area contributed by atoms with Crippen LogP contribution in [0.15, 0.2) is 60.8 Å². The zero-order valence-electron chi connectivity index (χ0n) is 13.6. The predicted molar refractivity (Wildman–Crippen MR) is 99.0 cm³/mol. The molecule has 0 radical (unpaired) electrons. The summed E-state index contributed by atoms with van der Waals surface area (Å²) in [4.78, 5) is 16.8. The molecule has 1 aromatic heterocycles. The number of rotatable bonds is 5. The van der Waals surface area contributed by atoms with E-state index in [1.807, 2.05) is 30.3 Å². The lowest BCUT2D eigenvalue weighted by molar-refractivity contribution is -0.115. The Hall–Kier alpha value is -2.93. The molecule has 0 spiro atoms. The van der Waals surface area contributed by atoms with Crippen LogP contribution in [0.1, 0.15) is 5.56 Å². The van der Waals surface area contributed by atoms with Crippen LogP contribution >= 0.6 is 0 Å². The first kappa shape index (κ1) is 16.9. The van der Waals surface area contributed by atoms with Gasteiger partial charge in [0.05, 0.1) is 29.6 Å². The highest BCUT2D eigenvalue weighted by Crippen LogP contribution is 2.23. The number of sulfonamides is 1. The number of para-hydroxylation sites is 3. The van der Waals surface area contributed by atoms with E-state index in [2.05, 4.69) is 15.0 Å². The van der Waals surface area contributed by atoms with Crippen LogP contribution in [0.4, 0.5) is 11.4 Å². The Morgan fingerprint density at radius 3 is 2.48 bits per heavy atom. The van der Waals surface area contributed by atoms with Crippen LogP contribution in [0, 0.1) is 0 Å². The summed E-state index contributed by atoms with van der Waals surface area (Å²) in [6.45, 7) is 0. The van der Waals surface area contributed by atoms with Crippen LogP contribution in [0.3, 0.4) is 0 Å². The quantitative estimate of drug-likeness (QED) is 0.737. The van der Waals surface area contributed by atoms with Crippen molar-refractivity contribution in [3.63, 3.8) is 0 Å². The fraction of sp³-hybridized carbons (Fsp3) is 0.111. The fourth-order valence-electron chi connectivity index (χ4n) is 2.56. The minimum atomic E-state index is -3.43. The lowest BCUT2D eigenvalue weighted by Crippen LogP contribution is -2.17. The van der Waals surface area contributed by atoms with E-state index >= 15 is 0 Å². The van der Waals surface area contributed by atoms with Gasteiger partial charge in [-0.25, -0.2) is 8.42 Å². The monoisotopic (exact) mass is 355 g/mol. The van der Waals surface area contributed by atoms with Crippen molar-refractivity contribution in [2.75, 3.05) is 16.3 Å². The third kappa shape index (κ3) is 4.33. The number of carbonyl (C=O) groups excluding carboxylic acids is 1. The number of aromatic nitrogens is 1. The van der Waals surface area contributed by atoms with E-state index in [9.17, 15) is 13.2 Å². The molecule has 0 fully saturated rings. The van der Waals surface area contributed by atoms with E-state index in [0.717, 1.165) is 22.7 Å². The normalized spacial score (nSPS) is 11.2. The van der Waals surface area contributed by atoms with Gasteiger partial charge in [-0.2, -0.15) is 0 Å². The highest BCUT2D eigenvalue weighted by Gasteiger charge is 2.12. The van der Waals surface area contributed by atoms with Crippen molar-refractivity contribution in [2.24, 2.45) is 0 Å². The molecule has 1 amide bonds. The van der Waals surface area contributed by atoms with Crippen LogP contribution in [0.5, 0.6) is 0 Å². The Balaban J connectivity index is 1.81. The molecule has 0 unspecified atom stereocenters. The second kappa shape index (κ2) is 6.90. The summed E-state index contributed by atoms with van der Waals surface area (Å²) in [7, 11) is -3.43. The van der Waals surface area contributed by atoms with Gasteiger partial charge in [0.25, 0.3) is 0 Å². The van der Waals surface area contributed by atoms with Gasteiger partial charge in [-0.05, 0) is 23.8 Å². The van der Waals surface area contributed by atoms with Gasteiger partial charge in [0.1, 0.15) is 0 Å². The van der Waals surface area contributed by atoms with Gasteiger partial charge in [-0.1, -0.05) is 36.4 Å². The molecule has 0 atom stereocenters. The third-order valence-electron chi connectivity index (χ3n) is 3.56. The predicted octanol–water partition coefficient (Wildman–Crippen LogP) is 2.79. The molecule has 0 saturated carbocycles. The summed E-state index contributed by atoms with van der Waals surface area (Å²) >= 11 is 0. The van der Waals surface area contributed by atoms with Crippen molar-refractivity contribution >= 4 is 38.2 Å². The highest BCUT2D eigenvalue weighted by atomic mass is 32.2. The molecule has 0 saturated heterocycles. The van der Waals surface area contributed by atoms with E-state index in [-0.39, 0.29) is 12.3 Å². The number of fused-ring (bicyclic) bond motifs is 1. The Labute approximate surface area is 146 Å². The second-order valence-electron chi connectivity index (χ2n) is 5.64. The lowest BCUT2D eigenvalue weighted by atomic mass is 10.1. The Kier molecular flexibility index (Phi) is 4.67. The summed E-state index contributed by atoms with van der Waals surface area (Å²) < 4.78 is 25.3. The van der Waals surface area contributed by atoms with E-state index in [0.29, 0.717) is 11.4 Å². The van der Waals surface area contributed by atoms with Crippen molar-refractivity contribution in [3.8, 4) is 0 Å². The van der Waals surface area contributed by atoms with Gasteiger partial charge in [-0.3, -0.25) is 14.5 Å². The minimum absolute atomic E-state index is 0.140. The number of nitrogens with one attached hydrogen (secondary N) is 2. The fourth-order valence-corrected chi connectivity index (χ4v) is 3.14. The van der Waals surface area contributed by atoms with Crippen LogP contribution < -0.4 is 10.0 Å². The number of pyridine rings is 1. The van der Waals surface area contributed by atoms with Crippen molar-refractivity contribution in [3.05, 3.63) is 66.4 Å². The molecule has 6 nitrogen and oxygen atoms in total. The van der Waals surface area contributed by atoms with Crippen LogP contribution in [-0.4, -0.2) is 25.6 Å². The zero-order chi connectivity index (χ0) is 17.9. The average molecular weight is 355 g/mol. The maximum atomic E-state index is 12.4. The molecular weight excluding hydrogens is 338 g/mol. The molecule has 25 heavy (non-hydrogen) atoms. The minimum Gasteiger partial charge on any atom is -0.324 e. The smallest absolute Gasteiger partial charge is 0.229 e. The van der Waals surface area contributed by atoms with E-state index in [1.54, 1.807) is 30.5 Å². The molecule has 1 heterocycles. The first-order chi connectivity index (χ1) is 11.9. The molecule has 128 valence electrons. The molecule has 2 aromatic carbocycles. The van der Waals surface area contributed by atoms with Crippen LogP contribution in [0.2, 0.25) is 0 Å². The number of benzene rings is 2. The van der Waals surface area contributed by atoms with E-state index in [1.165, 1.54) is 0 Å². The largest absolute Gasteiger partial charge is 0.324 e.